The summed E-state index contributed by atoms with van der Waals surface area (Å²) in [5.74, 6) is 2.23. The normalized spacial score (nSPS) is 11.0. The van der Waals surface area contributed by atoms with E-state index in [4.69, 9.17) is 19.2 Å². The summed E-state index contributed by atoms with van der Waals surface area (Å²) in [5, 5.41) is 0. The monoisotopic (exact) mass is 480 g/mol. The number of pyridine rings is 1. The molecule has 0 aliphatic rings. The zero-order valence-electron chi connectivity index (χ0n) is 18.3. The standard InChI is InChI=1S/C25H25BrN2O3/c1-15-12-23-27-25(18-10-11-21(30-4)22(14-18)31-5)19(28(23)16(2)24(15)26)13-17-8-6-7-9-20(17)29-3/h6-12,14H,13H2,1-5H3. The van der Waals surface area contributed by atoms with E-state index in [-0.39, 0.29) is 0 Å². The van der Waals surface area contributed by atoms with Gasteiger partial charge in [-0.25, -0.2) is 4.98 Å². The van der Waals surface area contributed by atoms with Crippen LogP contribution in [-0.4, -0.2) is 30.7 Å². The van der Waals surface area contributed by atoms with Gasteiger partial charge < -0.3 is 14.2 Å². The van der Waals surface area contributed by atoms with E-state index >= 15 is 0 Å². The molecule has 6 heteroatoms. The molecule has 4 rings (SSSR count). The molecule has 0 radical (unpaired) electrons. The first-order valence-electron chi connectivity index (χ1n) is 9.99. The molecule has 0 unspecified atom stereocenters. The highest BCUT2D eigenvalue weighted by atomic mass is 79.9. The molecule has 0 saturated heterocycles. The maximum absolute atomic E-state index is 5.62. The van der Waals surface area contributed by atoms with E-state index in [1.54, 1.807) is 21.3 Å². The van der Waals surface area contributed by atoms with E-state index in [0.717, 1.165) is 49.6 Å². The fourth-order valence-corrected chi connectivity index (χ4v) is 4.28. The van der Waals surface area contributed by atoms with Crippen molar-refractivity contribution in [2.75, 3.05) is 21.3 Å². The fraction of sp³-hybridized carbons (Fsp3) is 0.240. The van der Waals surface area contributed by atoms with Gasteiger partial charge in [0.15, 0.2) is 11.5 Å². The Balaban J connectivity index is 1.99. The smallest absolute Gasteiger partial charge is 0.161 e. The molecule has 0 fully saturated rings. The molecule has 0 aliphatic heterocycles. The molecule has 160 valence electrons. The average molecular weight is 481 g/mol. The zero-order valence-corrected chi connectivity index (χ0v) is 19.9. The lowest BCUT2D eigenvalue weighted by molar-refractivity contribution is 0.355. The lowest BCUT2D eigenvalue weighted by atomic mass is 10.0. The second kappa shape index (κ2) is 8.63. The van der Waals surface area contributed by atoms with Crippen LogP contribution < -0.4 is 14.2 Å². The van der Waals surface area contributed by atoms with Crippen molar-refractivity contribution in [2.24, 2.45) is 0 Å². The van der Waals surface area contributed by atoms with Crippen LogP contribution >= 0.6 is 15.9 Å². The van der Waals surface area contributed by atoms with E-state index in [0.29, 0.717) is 17.9 Å². The van der Waals surface area contributed by atoms with Crippen molar-refractivity contribution in [3.05, 3.63) is 75.5 Å². The van der Waals surface area contributed by atoms with Gasteiger partial charge in [-0.15, -0.1) is 0 Å². The van der Waals surface area contributed by atoms with Gasteiger partial charge in [0.05, 0.1) is 32.7 Å². The number of benzene rings is 2. The van der Waals surface area contributed by atoms with Crippen molar-refractivity contribution in [1.29, 1.82) is 0 Å². The molecule has 0 saturated carbocycles. The van der Waals surface area contributed by atoms with Gasteiger partial charge >= 0.3 is 0 Å². The van der Waals surface area contributed by atoms with Crippen LogP contribution in [0.15, 0.2) is 53.0 Å². The predicted octanol–water partition coefficient (Wildman–Crippen LogP) is 6.00. The second-order valence-electron chi connectivity index (χ2n) is 7.39. The maximum atomic E-state index is 5.62. The van der Waals surface area contributed by atoms with Gasteiger partial charge in [-0.05, 0) is 65.7 Å². The number of fused-ring (bicyclic) bond motifs is 1. The van der Waals surface area contributed by atoms with Crippen molar-refractivity contribution in [1.82, 2.24) is 9.38 Å². The van der Waals surface area contributed by atoms with Crippen LogP contribution in [0.2, 0.25) is 0 Å². The minimum Gasteiger partial charge on any atom is -0.496 e. The molecule has 0 N–H and O–H groups in total. The molecule has 0 atom stereocenters. The largest absolute Gasteiger partial charge is 0.496 e. The molecule has 2 heterocycles. The third-order valence-corrected chi connectivity index (χ3v) is 6.75. The first-order valence-corrected chi connectivity index (χ1v) is 10.8. The number of hydrogen-bond acceptors (Lipinski definition) is 4. The Morgan fingerprint density at radius 3 is 2.29 bits per heavy atom. The van der Waals surface area contributed by atoms with E-state index in [2.05, 4.69) is 46.3 Å². The Bertz CT molecular complexity index is 1260. The van der Waals surface area contributed by atoms with Gasteiger partial charge in [-0.1, -0.05) is 18.2 Å². The number of aryl methyl sites for hydroxylation is 2. The number of imidazole rings is 1. The van der Waals surface area contributed by atoms with Crippen LogP contribution in [0.3, 0.4) is 0 Å². The van der Waals surface area contributed by atoms with Crippen molar-refractivity contribution in [3.63, 3.8) is 0 Å². The van der Waals surface area contributed by atoms with Crippen LogP contribution in [0.4, 0.5) is 0 Å². The van der Waals surface area contributed by atoms with Crippen LogP contribution in [-0.2, 0) is 6.42 Å². The molecule has 4 aromatic rings. The third-order valence-electron chi connectivity index (χ3n) is 5.55. The molecule has 0 bridgehead atoms. The summed E-state index contributed by atoms with van der Waals surface area (Å²) in [6, 6.07) is 16.1. The summed E-state index contributed by atoms with van der Waals surface area (Å²) in [7, 11) is 4.98. The first kappa shape index (κ1) is 21.2. The number of halogens is 1. The van der Waals surface area contributed by atoms with Crippen molar-refractivity contribution in [3.8, 4) is 28.5 Å². The van der Waals surface area contributed by atoms with Gasteiger partial charge in [0, 0.05) is 27.7 Å². The van der Waals surface area contributed by atoms with E-state index in [1.165, 1.54) is 0 Å². The van der Waals surface area contributed by atoms with Gasteiger partial charge in [0.25, 0.3) is 0 Å². The summed E-state index contributed by atoms with van der Waals surface area (Å²) in [6.07, 6.45) is 0.672. The molecule has 31 heavy (non-hydrogen) atoms. The number of methoxy groups -OCH3 is 3. The number of para-hydroxylation sites is 1. The number of ether oxygens (including phenoxy) is 3. The molecule has 2 aromatic heterocycles. The molecular formula is C25H25BrN2O3. The highest BCUT2D eigenvalue weighted by Gasteiger charge is 2.20. The minimum atomic E-state index is 0.672. The van der Waals surface area contributed by atoms with E-state index in [1.807, 2.05) is 36.4 Å². The topological polar surface area (TPSA) is 45.0 Å². The zero-order chi connectivity index (χ0) is 22.1. The SMILES string of the molecule is COc1ccccc1Cc1c(-c2ccc(OC)c(OC)c2)nc2cc(C)c(Br)c(C)n12. The summed E-state index contributed by atoms with van der Waals surface area (Å²) in [5.41, 5.74) is 7.24. The highest BCUT2D eigenvalue weighted by Crippen LogP contribution is 2.36. The fourth-order valence-electron chi connectivity index (χ4n) is 3.99. The van der Waals surface area contributed by atoms with Crippen molar-refractivity contribution < 1.29 is 14.2 Å². The summed E-state index contributed by atoms with van der Waals surface area (Å²) < 4.78 is 19.9. The van der Waals surface area contributed by atoms with Crippen LogP contribution in [0.5, 0.6) is 17.2 Å². The first-order chi connectivity index (χ1) is 15.0. The Hall–Kier alpha value is -2.99. The van der Waals surface area contributed by atoms with E-state index < -0.39 is 0 Å². The summed E-state index contributed by atoms with van der Waals surface area (Å²) in [4.78, 5) is 5.03. The Morgan fingerprint density at radius 1 is 0.871 bits per heavy atom. The van der Waals surface area contributed by atoms with Crippen LogP contribution in [0.1, 0.15) is 22.5 Å². The molecule has 0 spiro atoms. The maximum Gasteiger partial charge on any atom is 0.161 e. The second-order valence-corrected chi connectivity index (χ2v) is 8.18. The average Bonchev–Trinajstić information content (AvgIpc) is 3.15. The summed E-state index contributed by atoms with van der Waals surface area (Å²) >= 11 is 3.75. The minimum absolute atomic E-state index is 0.672. The van der Waals surface area contributed by atoms with Gasteiger partial charge in [-0.3, -0.25) is 4.40 Å². The predicted molar refractivity (Wildman–Crippen MR) is 127 cm³/mol. The van der Waals surface area contributed by atoms with Gasteiger partial charge in [0.2, 0.25) is 0 Å². The van der Waals surface area contributed by atoms with Crippen molar-refractivity contribution in [2.45, 2.75) is 20.3 Å². The van der Waals surface area contributed by atoms with Gasteiger partial charge in [0.1, 0.15) is 11.4 Å². The number of hydrogen-bond donors (Lipinski definition) is 0. The summed E-state index contributed by atoms with van der Waals surface area (Å²) in [6.45, 7) is 4.19. The lowest BCUT2D eigenvalue weighted by Crippen LogP contribution is -2.03. The lowest BCUT2D eigenvalue weighted by Gasteiger charge is -2.13. The highest BCUT2D eigenvalue weighted by molar-refractivity contribution is 9.10. The Labute approximate surface area is 190 Å². The molecule has 0 aliphatic carbocycles. The third kappa shape index (κ3) is 3.76. The Morgan fingerprint density at radius 2 is 1.58 bits per heavy atom. The molecule has 5 nitrogen and oxygen atoms in total. The van der Waals surface area contributed by atoms with Crippen molar-refractivity contribution >= 4 is 21.6 Å². The van der Waals surface area contributed by atoms with Gasteiger partial charge in [-0.2, -0.15) is 0 Å². The number of rotatable bonds is 6. The molecular weight excluding hydrogens is 456 g/mol. The van der Waals surface area contributed by atoms with Crippen LogP contribution in [0.25, 0.3) is 16.9 Å². The quantitative estimate of drug-likeness (QED) is 0.339. The Kier molecular flexibility index (Phi) is 5.92. The number of aromatic nitrogens is 2. The van der Waals surface area contributed by atoms with E-state index in [9.17, 15) is 0 Å². The molecule has 2 aromatic carbocycles. The molecule has 0 amide bonds. The van der Waals surface area contributed by atoms with Crippen LogP contribution in [0, 0.1) is 13.8 Å². The number of nitrogens with zero attached hydrogens (tertiary/aromatic N) is 2.